The molecule has 0 saturated heterocycles. The van der Waals surface area contributed by atoms with Crippen molar-refractivity contribution < 1.29 is 14.3 Å². The SMILES string of the molecule is CC(C)(CO)CNC(=O)c1ccncc1F. The van der Waals surface area contributed by atoms with Gasteiger partial charge >= 0.3 is 0 Å². The Morgan fingerprint density at radius 1 is 1.62 bits per heavy atom. The lowest BCUT2D eigenvalue weighted by molar-refractivity contribution is 0.0907. The minimum atomic E-state index is -0.651. The molecule has 4 nitrogen and oxygen atoms in total. The minimum Gasteiger partial charge on any atom is -0.396 e. The van der Waals surface area contributed by atoms with Crippen LogP contribution in [0.5, 0.6) is 0 Å². The van der Waals surface area contributed by atoms with Crippen LogP contribution >= 0.6 is 0 Å². The monoisotopic (exact) mass is 226 g/mol. The van der Waals surface area contributed by atoms with Crippen molar-refractivity contribution >= 4 is 5.91 Å². The molecule has 0 saturated carbocycles. The third-order valence-electron chi connectivity index (χ3n) is 2.17. The molecule has 1 aromatic heterocycles. The van der Waals surface area contributed by atoms with Crippen molar-refractivity contribution in [1.82, 2.24) is 10.3 Å². The van der Waals surface area contributed by atoms with Crippen LogP contribution in [0.1, 0.15) is 24.2 Å². The fourth-order valence-electron chi connectivity index (χ4n) is 1.03. The molecule has 1 rings (SSSR count). The molecule has 0 aromatic carbocycles. The molecule has 0 aliphatic heterocycles. The normalized spacial score (nSPS) is 11.2. The van der Waals surface area contributed by atoms with E-state index in [0.717, 1.165) is 6.20 Å². The third kappa shape index (κ3) is 3.27. The molecule has 1 amide bonds. The Bertz CT molecular complexity index is 380. The molecule has 2 N–H and O–H groups in total. The van der Waals surface area contributed by atoms with Gasteiger partial charge in [0, 0.05) is 24.8 Å². The van der Waals surface area contributed by atoms with E-state index < -0.39 is 17.1 Å². The van der Waals surface area contributed by atoms with Gasteiger partial charge in [-0.2, -0.15) is 0 Å². The Balaban J connectivity index is 2.64. The molecule has 0 radical (unpaired) electrons. The van der Waals surface area contributed by atoms with Crippen LogP contribution in [0.3, 0.4) is 0 Å². The Morgan fingerprint density at radius 3 is 2.88 bits per heavy atom. The summed E-state index contributed by atoms with van der Waals surface area (Å²) in [7, 11) is 0. The van der Waals surface area contributed by atoms with Crippen LogP contribution in [0, 0.1) is 11.2 Å². The number of aliphatic hydroxyl groups is 1. The average Bonchev–Trinajstić information content (AvgIpc) is 2.27. The summed E-state index contributed by atoms with van der Waals surface area (Å²) in [6.45, 7) is 3.84. The molecule has 0 unspecified atom stereocenters. The van der Waals surface area contributed by atoms with Crippen LogP contribution in [0.2, 0.25) is 0 Å². The lowest BCUT2D eigenvalue weighted by atomic mass is 9.95. The van der Waals surface area contributed by atoms with Gasteiger partial charge in [0.2, 0.25) is 0 Å². The molecule has 16 heavy (non-hydrogen) atoms. The average molecular weight is 226 g/mol. The van der Waals surface area contributed by atoms with E-state index in [1.165, 1.54) is 12.3 Å². The predicted molar refractivity (Wildman–Crippen MR) is 57.4 cm³/mol. The van der Waals surface area contributed by atoms with E-state index in [-0.39, 0.29) is 18.7 Å². The molecule has 5 heteroatoms. The maximum absolute atomic E-state index is 13.2. The first-order valence-corrected chi connectivity index (χ1v) is 4.95. The number of rotatable bonds is 4. The number of carbonyl (C=O) groups excluding carboxylic acids is 1. The lowest BCUT2D eigenvalue weighted by Gasteiger charge is -2.21. The number of carbonyl (C=O) groups is 1. The second-order valence-electron chi connectivity index (χ2n) is 4.36. The largest absolute Gasteiger partial charge is 0.396 e. The third-order valence-corrected chi connectivity index (χ3v) is 2.17. The summed E-state index contributed by atoms with van der Waals surface area (Å²) in [6.07, 6.45) is 2.35. The number of aromatic nitrogens is 1. The zero-order valence-corrected chi connectivity index (χ0v) is 9.33. The van der Waals surface area contributed by atoms with Gasteiger partial charge in [0.15, 0.2) is 5.82 Å². The van der Waals surface area contributed by atoms with E-state index in [4.69, 9.17) is 5.11 Å². The molecule has 0 fully saturated rings. The fraction of sp³-hybridized carbons (Fsp3) is 0.455. The molecule has 0 aliphatic rings. The maximum Gasteiger partial charge on any atom is 0.254 e. The maximum atomic E-state index is 13.2. The minimum absolute atomic E-state index is 0.0382. The van der Waals surface area contributed by atoms with Gasteiger partial charge in [-0.15, -0.1) is 0 Å². The summed E-state index contributed by atoms with van der Waals surface area (Å²) in [5.41, 5.74) is -0.456. The number of hydrogen-bond acceptors (Lipinski definition) is 3. The number of aliphatic hydroxyl groups excluding tert-OH is 1. The Kier molecular flexibility index (Phi) is 3.95. The second kappa shape index (κ2) is 5.03. The number of amides is 1. The van der Waals surface area contributed by atoms with Crippen molar-refractivity contribution in [3.05, 3.63) is 29.8 Å². The summed E-state index contributed by atoms with van der Waals surface area (Å²) in [5.74, 6) is -1.15. The highest BCUT2D eigenvalue weighted by Crippen LogP contribution is 2.12. The zero-order chi connectivity index (χ0) is 12.2. The first-order valence-electron chi connectivity index (χ1n) is 4.95. The van der Waals surface area contributed by atoms with Gasteiger partial charge in [0.25, 0.3) is 5.91 Å². The Hall–Kier alpha value is -1.49. The van der Waals surface area contributed by atoms with Gasteiger partial charge < -0.3 is 10.4 Å². The van der Waals surface area contributed by atoms with E-state index in [1.54, 1.807) is 13.8 Å². The van der Waals surface area contributed by atoms with Crippen LogP contribution in [0.25, 0.3) is 0 Å². The van der Waals surface area contributed by atoms with Gasteiger partial charge in [-0.25, -0.2) is 4.39 Å². The number of nitrogens with zero attached hydrogens (tertiary/aromatic N) is 1. The summed E-state index contributed by atoms with van der Waals surface area (Å²) < 4.78 is 13.2. The summed E-state index contributed by atoms with van der Waals surface area (Å²) in [4.78, 5) is 15.1. The van der Waals surface area contributed by atoms with Gasteiger partial charge in [0.1, 0.15) is 0 Å². The van der Waals surface area contributed by atoms with Crippen molar-refractivity contribution in [2.75, 3.05) is 13.2 Å². The first kappa shape index (κ1) is 12.6. The van der Waals surface area contributed by atoms with Gasteiger partial charge in [0.05, 0.1) is 11.8 Å². The van der Waals surface area contributed by atoms with Crippen LogP contribution in [0.15, 0.2) is 18.5 Å². The van der Waals surface area contributed by atoms with E-state index in [0.29, 0.717) is 0 Å². The second-order valence-corrected chi connectivity index (χ2v) is 4.36. The van der Waals surface area contributed by atoms with E-state index in [9.17, 15) is 9.18 Å². The highest BCUT2D eigenvalue weighted by Gasteiger charge is 2.19. The van der Waals surface area contributed by atoms with Gasteiger partial charge in [-0.3, -0.25) is 9.78 Å². The van der Waals surface area contributed by atoms with Crippen molar-refractivity contribution in [3.8, 4) is 0 Å². The smallest absolute Gasteiger partial charge is 0.254 e. The number of pyridine rings is 1. The fourth-order valence-corrected chi connectivity index (χ4v) is 1.03. The van der Waals surface area contributed by atoms with Crippen LogP contribution < -0.4 is 5.32 Å². The topological polar surface area (TPSA) is 62.2 Å². The van der Waals surface area contributed by atoms with Crippen LogP contribution in [-0.4, -0.2) is 29.1 Å². The Labute approximate surface area is 93.5 Å². The van der Waals surface area contributed by atoms with Gasteiger partial charge in [-0.1, -0.05) is 13.8 Å². The number of nitrogens with one attached hydrogen (secondary N) is 1. The molecule has 1 aromatic rings. The van der Waals surface area contributed by atoms with Crippen LogP contribution in [0.4, 0.5) is 4.39 Å². The molecular weight excluding hydrogens is 211 g/mol. The van der Waals surface area contributed by atoms with Crippen molar-refractivity contribution in [2.45, 2.75) is 13.8 Å². The van der Waals surface area contributed by atoms with Crippen molar-refractivity contribution in [1.29, 1.82) is 0 Å². The molecule has 0 atom stereocenters. The van der Waals surface area contributed by atoms with Crippen LogP contribution in [-0.2, 0) is 0 Å². The molecule has 0 bridgehead atoms. The highest BCUT2D eigenvalue weighted by atomic mass is 19.1. The number of halogens is 1. The van der Waals surface area contributed by atoms with Crippen molar-refractivity contribution in [2.24, 2.45) is 5.41 Å². The molecule has 0 aliphatic carbocycles. The number of hydrogen-bond donors (Lipinski definition) is 2. The molecular formula is C11H15FN2O2. The quantitative estimate of drug-likeness (QED) is 0.804. The molecule has 1 heterocycles. The summed E-state index contributed by atoms with van der Waals surface area (Å²) in [5, 5.41) is 11.6. The van der Waals surface area contributed by atoms with Gasteiger partial charge in [-0.05, 0) is 6.07 Å². The summed E-state index contributed by atoms with van der Waals surface area (Å²) in [6, 6.07) is 1.32. The van der Waals surface area contributed by atoms with E-state index in [2.05, 4.69) is 10.3 Å². The predicted octanol–water partition coefficient (Wildman–Crippen LogP) is 0.969. The zero-order valence-electron chi connectivity index (χ0n) is 9.33. The molecule has 0 spiro atoms. The molecule has 88 valence electrons. The lowest BCUT2D eigenvalue weighted by Crippen LogP contribution is -2.36. The van der Waals surface area contributed by atoms with Crippen molar-refractivity contribution in [3.63, 3.8) is 0 Å². The highest BCUT2D eigenvalue weighted by molar-refractivity contribution is 5.94. The summed E-state index contributed by atoms with van der Waals surface area (Å²) >= 11 is 0. The van der Waals surface area contributed by atoms with E-state index in [1.807, 2.05) is 0 Å². The first-order chi connectivity index (χ1) is 7.46. The Morgan fingerprint density at radius 2 is 2.31 bits per heavy atom. The van der Waals surface area contributed by atoms with E-state index >= 15 is 0 Å². The standard InChI is InChI=1S/C11H15FN2O2/c1-11(2,7-15)6-14-10(16)8-3-4-13-5-9(8)12/h3-5,15H,6-7H2,1-2H3,(H,14,16).